The number of hydrogen-bond donors (Lipinski definition) is 2. The van der Waals surface area contributed by atoms with Crippen molar-refractivity contribution in [2.24, 2.45) is 0 Å². The Morgan fingerprint density at radius 1 is 1.33 bits per heavy atom. The summed E-state index contributed by atoms with van der Waals surface area (Å²) in [5, 5.41) is 13.0. The number of carboxylic acids is 1. The maximum atomic E-state index is 11.5. The Bertz CT molecular complexity index is 606. The van der Waals surface area contributed by atoms with Gasteiger partial charge in [0.2, 0.25) is 0 Å². The number of anilines is 1. The number of aromatic carboxylic acids is 1. The summed E-state index contributed by atoms with van der Waals surface area (Å²) in [5.41, 5.74) is 2.01. The van der Waals surface area contributed by atoms with E-state index in [2.05, 4.69) is 21.8 Å². The number of rotatable bonds is 7. The molecule has 0 unspecified atom stereocenters. The number of nitrogens with zero attached hydrogens (tertiary/aromatic N) is 2. The van der Waals surface area contributed by atoms with E-state index in [-0.39, 0.29) is 12.4 Å². The zero-order chi connectivity index (χ0) is 16.4. The molecule has 3 heterocycles. The topological polar surface area (TPSA) is 66.1 Å². The van der Waals surface area contributed by atoms with Gasteiger partial charge >= 0.3 is 11.9 Å². The molecule has 2 N–H and O–H groups in total. The van der Waals surface area contributed by atoms with Crippen molar-refractivity contribution in [2.75, 3.05) is 5.32 Å². The Hall–Kier alpha value is -1.36. The van der Waals surface area contributed by atoms with Gasteiger partial charge in [0.1, 0.15) is 11.3 Å². The van der Waals surface area contributed by atoms with E-state index in [1.54, 1.807) is 0 Å². The fourth-order valence-electron chi connectivity index (χ4n) is 4.15. The van der Waals surface area contributed by atoms with E-state index in [9.17, 15) is 9.90 Å². The summed E-state index contributed by atoms with van der Waals surface area (Å²) in [6.45, 7) is 4.05. The van der Waals surface area contributed by atoms with Crippen LogP contribution in [0.5, 0.6) is 0 Å². The van der Waals surface area contributed by atoms with E-state index in [1.165, 1.54) is 38.5 Å². The summed E-state index contributed by atoms with van der Waals surface area (Å²) in [5.74, 6) is 0.0359. The lowest BCUT2D eigenvalue weighted by Gasteiger charge is -2.26. The molecule has 2 aliphatic heterocycles. The van der Waals surface area contributed by atoms with Crippen LogP contribution in [0, 0.1) is 6.92 Å². The molecule has 0 saturated heterocycles. The molecule has 1 aromatic heterocycles. The minimum atomic E-state index is -0.848. The van der Waals surface area contributed by atoms with Crippen molar-refractivity contribution >= 4 is 11.9 Å². The Labute approximate surface area is 150 Å². The van der Waals surface area contributed by atoms with Crippen LogP contribution in [0.2, 0.25) is 0 Å². The average Bonchev–Trinajstić information content (AvgIpc) is 2.91. The van der Waals surface area contributed by atoms with Gasteiger partial charge in [-0.1, -0.05) is 44.0 Å². The number of aromatic nitrogens is 2. The summed E-state index contributed by atoms with van der Waals surface area (Å²) in [7, 11) is 0. The van der Waals surface area contributed by atoms with Gasteiger partial charge in [-0.25, -0.2) is 9.36 Å². The van der Waals surface area contributed by atoms with Gasteiger partial charge in [0.05, 0.1) is 17.8 Å². The second-order valence-corrected chi connectivity index (χ2v) is 6.99. The molecular formula is C18H28ClN3O2. The number of hydrogen-bond acceptors (Lipinski definition) is 3. The molecule has 24 heavy (non-hydrogen) atoms. The van der Waals surface area contributed by atoms with Crippen molar-refractivity contribution in [3.05, 3.63) is 17.0 Å². The average molecular weight is 354 g/mol. The molecule has 5 nitrogen and oxygen atoms in total. The van der Waals surface area contributed by atoms with Gasteiger partial charge in [0.25, 0.3) is 0 Å². The van der Waals surface area contributed by atoms with Crippen molar-refractivity contribution < 1.29 is 26.9 Å². The number of aryl methyl sites for hydroxylation is 1. The molecule has 2 aliphatic rings. The predicted octanol–water partition coefficient (Wildman–Crippen LogP) is 0.412. The van der Waals surface area contributed by atoms with Crippen molar-refractivity contribution in [3.63, 3.8) is 0 Å². The van der Waals surface area contributed by atoms with Crippen LogP contribution >= 0.6 is 0 Å². The standard InChI is InChI=1S/C18H27N3O2.ClH/c1-3-4-5-6-7-8-13-11-14-9-10-15-16(17(22)23)12(2)19-18(20-13)21(14)15;/h13-14H,3-11H2,1-2H3,(H,22,23);1H/t13-,14+;/m1./s1. The Morgan fingerprint density at radius 2 is 2.08 bits per heavy atom. The monoisotopic (exact) mass is 353 g/mol. The number of nitrogens with one attached hydrogen (secondary N) is 1. The van der Waals surface area contributed by atoms with Gasteiger partial charge in [0, 0.05) is 12.8 Å². The quantitative estimate of drug-likeness (QED) is 0.550. The zero-order valence-electron chi connectivity index (χ0n) is 14.6. The van der Waals surface area contributed by atoms with Crippen LogP contribution in [-0.4, -0.2) is 22.1 Å². The third-order valence-electron chi connectivity index (χ3n) is 5.28. The molecule has 2 atom stereocenters. The maximum Gasteiger partial charge on any atom is 0.392 e. The minimum Gasteiger partial charge on any atom is -1.00 e. The molecule has 0 aliphatic carbocycles. The van der Waals surface area contributed by atoms with Crippen LogP contribution in [0.15, 0.2) is 0 Å². The molecule has 0 spiro atoms. The SMILES string of the molecule is CCCCCCC[C@@H]1C[C@@H]2CCc3c(C(=O)O)c(C)nc([n+]32)N1.[Cl-]. The van der Waals surface area contributed by atoms with Crippen LogP contribution in [-0.2, 0) is 6.42 Å². The molecule has 0 fully saturated rings. The van der Waals surface area contributed by atoms with Gasteiger partial charge in [0.15, 0.2) is 0 Å². The summed E-state index contributed by atoms with van der Waals surface area (Å²) >= 11 is 0. The van der Waals surface area contributed by atoms with Crippen molar-refractivity contribution in [3.8, 4) is 0 Å². The first-order chi connectivity index (χ1) is 11.1. The first kappa shape index (κ1) is 19.0. The van der Waals surface area contributed by atoms with Gasteiger partial charge in [-0.2, -0.15) is 0 Å². The lowest BCUT2D eigenvalue weighted by atomic mass is 9.98. The van der Waals surface area contributed by atoms with Crippen molar-refractivity contribution in [2.45, 2.75) is 83.7 Å². The maximum absolute atomic E-state index is 11.5. The highest BCUT2D eigenvalue weighted by Crippen LogP contribution is 2.32. The van der Waals surface area contributed by atoms with Gasteiger partial charge in [-0.15, -0.1) is 0 Å². The van der Waals surface area contributed by atoms with Crippen LogP contribution < -0.4 is 22.3 Å². The summed E-state index contributed by atoms with van der Waals surface area (Å²) < 4.78 is 2.16. The van der Waals surface area contributed by atoms with Gasteiger partial charge in [-0.3, -0.25) is 5.32 Å². The highest BCUT2D eigenvalue weighted by molar-refractivity contribution is 5.89. The molecule has 134 valence electrons. The fraction of sp³-hybridized carbons (Fsp3) is 0.722. The molecule has 0 amide bonds. The first-order valence-electron chi connectivity index (χ1n) is 9.06. The van der Waals surface area contributed by atoms with E-state index in [0.29, 0.717) is 23.3 Å². The largest absolute Gasteiger partial charge is 1.00 e. The predicted molar refractivity (Wildman–Crippen MR) is 88.9 cm³/mol. The first-order valence-corrected chi connectivity index (χ1v) is 9.06. The zero-order valence-corrected chi connectivity index (χ0v) is 15.4. The van der Waals surface area contributed by atoms with E-state index >= 15 is 0 Å². The van der Waals surface area contributed by atoms with Gasteiger partial charge < -0.3 is 17.5 Å². The Kier molecular flexibility index (Phi) is 6.44. The minimum absolute atomic E-state index is 0. The molecule has 6 heteroatoms. The molecule has 3 rings (SSSR count). The number of unbranched alkanes of at least 4 members (excludes halogenated alkanes) is 4. The third kappa shape index (κ3) is 3.66. The molecule has 0 radical (unpaired) electrons. The van der Waals surface area contributed by atoms with E-state index in [1.807, 2.05) is 6.92 Å². The Morgan fingerprint density at radius 3 is 2.79 bits per heavy atom. The fourth-order valence-corrected chi connectivity index (χ4v) is 4.15. The lowest BCUT2D eigenvalue weighted by Crippen LogP contribution is -3.00. The summed E-state index contributed by atoms with van der Waals surface area (Å²) in [6.07, 6.45) is 10.7. The summed E-state index contributed by atoms with van der Waals surface area (Å²) in [4.78, 5) is 16.1. The summed E-state index contributed by atoms with van der Waals surface area (Å²) in [6, 6.07) is 0.906. The Balaban J connectivity index is 0.00000208. The highest BCUT2D eigenvalue weighted by Gasteiger charge is 2.41. The van der Waals surface area contributed by atoms with E-state index in [4.69, 9.17) is 0 Å². The van der Waals surface area contributed by atoms with E-state index in [0.717, 1.165) is 30.9 Å². The second kappa shape index (κ2) is 8.15. The van der Waals surface area contributed by atoms with Crippen LogP contribution in [0.1, 0.15) is 86.1 Å². The van der Waals surface area contributed by atoms with Crippen LogP contribution in [0.3, 0.4) is 0 Å². The molecule has 0 bridgehead atoms. The molecular weight excluding hydrogens is 326 g/mol. The molecule has 1 aromatic rings. The normalized spacial score (nSPS) is 20.9. The number of carboxylic acid groups (broad SMARTS) is 1. The van der Waals surface area contributed by atoms with Gasteiger partial charge in [-0.05, 0) is 19.8 Å². The molecule has 0 saturated carbocycles. The van der Waals surface area contributed by atoms with Crippen LogP contribution in [0.25, 0.3) is 0 Å². The highest BCUT2D eigenvalue weighted by atomic mass is 35.5. The number of halogens is 1. The molecule has 0 aromatic carbocycles. The second-order valence-electron chi connectivity index (χ2n) is 6.99. The smallest absolute Gasteiger partial charge is 0.392 e. The van der Waals surface area contributed by atoms with E-state index < -0.39 is 5.97 Å². The van der Waals surface area contributed by atoms with Crippen molar-refractivity contribution in [1.82, 2.24) is 4.98 Å². The van der Waals surface area contributed by atoms with Crippen molar-refractivity contribution in [1.29, 1.82) is 0 Å². The number of carbonyl (C=O) groups is 1. The van der Waals surface area contributed by atoms with Crippen LogP contribution in [0.4, 0.5) is 5.95 Å². The third-order valence-corrected chi connectivity index (χ3v) is 5.28. The lowest BCUT2D eigenvalue weighted by molar-refractivity contribution is -0.710.